The molecule has 1 aromatic heterocycles. The van der Waals surface area contributed by atoms with Crippen molar-refractivity contribution in [1.82, 2.24) is 4.57 Å². The summed E-state index contributed by atoms with van der Waals surface area (Å²) in [6.07, 6.45) is 7.55. The van der Waals surface area contributed by atoms with Crippen molar-refractivity contribution >= 4 is 11.5 Å². The molecule has 3 rings (SSSR count). The first-order valence-corrected chi connectivity index (χ1v) is 7.08. The Morgan fingerprint density at radius 3 is 2.52 bits per heavy atom. The van der Waals surface area contributed by atoms with E-state index in [9.17, 15) is 14.9 Å². The van der Waals surface area contributed by atoms with Gasteiger partial charge in [-0.3, -0.25) is 14.9 Å². The molecule has 0 bridgehead atoms. The number of carbonyl (C=O) groups excluding carboxylic acids is 1. The summed E-state index contributed by atoms with van der Waals surface area (Å²) in [5, 5.41) is 10.6. The summed E-state index contributed by atoms with van der Waals surface area (Å²) in [5.41, 5.74) is 3.05. The summed E-state index contributed by atoms with van der Waals surface area (Å²) >= 11 is 0. The van der Waals surface area contributed by atoms with Crippen LogP contribution in [0.15, 0.2) is 36.7 Å². The van der Waals surface area contributed by atoms with Crippen molar-refractivity contribution in [1.29, 1.82) is 0 Å². The Kier molecular flexibility index (Phi) is 3.56. The summed E-state index contributed by atoms with van der Waals surface area (Å²) in [4.78, 5) is 22.2. The maximum atomic E-state index is 12.0. The number of rotatable bonds is 3. The number of nitrogens with zero attached hydrogens (tertiary/aromatic N) is 2. The van der Waals surface area contributed by atoms with E-state index in [0.717, 1.165) is 36.0 Å². The summed E-state index contributed by atoms with van der Waals surface area (Å²) in [6, 6.07) is 6.53. The van der Waals surface area contributed by atoms with Crippen LogP contribution in [0.5, 0.6) is 0 Å². The highest BCUT2D eigenvalue weighted by molar-refractivity contribution is 5.97. The van der Waals surface area contributed by atoms with E-state index in [1.54, 1.807) is 12.1 Å². The quantitative estimate of drug-likeness (QED) is 0.493. The van der Waals surface area contributed by atoms with Gasteiger partial charge in [-0.15, -0.1) is 0 Å². The highest BCUT2D eigenvalue weighted by atomic mass is 16.6. The lowest BCUT2D eigenvalue weighted by Gasteiger charge is -2.03. The number of non-ortho nitro benzene ring substituents is 1. The van der Waals surface area contributed by atoms with Gasteiger partial charge in [0.15, 0.2) is 5.78 Å². The first kappa shape index (κ1) is 13.5. The monoisotopic (exact) mass is 284 g/mol. The molecule has 108 valence electrons. The second-order valence-electron chi connectivity index (χ2n) is 5.42. The third-order valence-electron chi connectivity index (χ3n) is 3.88. The van der Waals surface area contributed by atoms with Crippen molar-refractivity contribution in [3.05, 3.63) is 63.5 Å². The minimum atomic E-state index is -0.402. The van der Waals surface area contributed by atoms with Crippen LogP contribution < -0.4 is 0 Å². The topological polar surface area (TPSA) is 65.1 Å². The second-order valence-corrected chi connectivity index (χ2v) is 5.42. The van der Waals surface area contributed by atoms with Crippen molar-refractivity contribution in [2.24, 2.45) is 0 Å². The number of Topliss-reactive ketones (excluding diaryl/α,β-unsaturated/α-hetero) is 1. The molecule has 1 aromatic carbocycles. The zero-order valence-electron chi connectivity index (χ0n) is 11.6. The van der Waals surface area contributed by atoms with Gasteiger partial charge in [0.25, 0.3) is 5.69 Å². The van der Waals surface area contributed by atoms with Gasteiger partial charge in [0.05, 0.1) is 4.92 Å². The molecule has 2 aromatic rings. The number of ketones is 1. The average molecular weight is 284 g/mol. The molecule has 0 unspecified atom stereocenters. The Balaban J connectivity index is 1.81. The average Bonchev–Trinajstić information content (AvgIpc) is 2.79. The molecule has 1 aliphatic carbocycles. The van der Waals surface area contributed by atoms with E-state index >= 15 is 0 Å². The molecular weight excluding hydrogens is 268 g/mol. The van der Waals surface area contributed by atoms with Crippen LogP contribution in [-0.2, 0) is 13.0 Å². The van der Waals surface area contributed by atoms with Crippen LogP contribution in [0.2, 0.25) is 0 Å². The maximum absolute atomic E-state index is 12.0. The number of aromatic nitrogens is 1. The Morgan fingerprint density at radius 2 is 1.81 bits per heavy atom. The third kappa shape index (κ3) is 2.86. The molecule has 0 amide bonds. The van der Waals surface area contributed by atoms with E-state index in [0.29, 0.717) is 13.0 Å². The second kappa shape index (κ2) is 5.52. The largest absolute Gasteiger partial charge is 0.349 e. The lowest BCUT2D eigenvalue weighted by Crippen LogP contribution is -1.99. The fourth-order valence-corrected chi connectivity index (χ4v) is 2.77. The zero-order valence-corrected chi connectivity index (χ0v) is 11.6. The standard InChI is InChI=1S/C16H16N2O3/c19-16-4-2-1-3-13-10-17(11-15(13)16)9-12-5-7-14(8-6-12)18(20)21/h5-8,10-11H,1-4,9H2. The molecule has 0 spiro atoms. The highest BCUT2D eigenvalue weighted by Crippen LogP contribution is 2.22. The smallest absolute Gasteiger partial charge is 0.269 e. The first-order valence-electron chi connectivity index (χ1n) is 7.08. The summed E-state index contributed by atoms with van der Waals surface area (Å²) in [5.74, 6) is 0.227. The van der Waals surface area contributed by atoms with Gasteiger partial charge in [-0.05, 0) is 30.4 Å². The van der Waals surface area contributed by atoms with Gasteiger partial charge in [0.2, 0.25) is 0 Å². The molecule has 5 nitrogen and oxygen atoms in total. The van der Waals surface area contributed by atoms with Crippen molar-refractivity contribution in [2.45, 2.75) is 32.2 Å². The predicted molar refractivity (Wildman–Crippen MR) is 78.5 cm³/mol. The van der Waals surface area contributed by atoms with Crippen LogP contribution in [0.3, 0.4) is 0 Å². The van der Waals surface area contributed by atoms with Crippen LogP contribution in [0.4, 0.5) is 5.69 Å². The van der Waals surface area contributed by atoms with Gasteiger partial charge in [0.1, 0.15) is 0 Å². The van der Waals surface area contributed by atoms with Crippen molar-refractivity contribution in [3.8, 4) is 0 Å². The number of benzene rings is 1. The fourth-order valence-electron chi connectivity index (χ4n) is 2.77. The van der Waals surface area contributed by atoms with Gasteiger partial charge in [-0.1, -0.05) is 12.1 Å². The number of hydrogen-bond acceptors (Lipinski definition) is 3. The van der Waals surface area contributed by atoms with Crippen molar-refractivity contribution in [3.63, 3.8) is 0 Å². The van der Waals surface area contributed by atoms with Crippen LogP contribution in [-0.4, -0.2) is 15.3 Å². The predicted octanol–water partition coefficient (Wildman–Crippen LogP) is 3.35. The molecule has 0 aliphatic heterocycles. The van der Waals surface area contributed by atoms with E-state index in [4.69, 9.17) is 0 Å². The summed E-state index contributed by atoms with van der Waals surface area (Å²) < 4.78 is 2.00. The normalized spacial score (nSPS) is 14.6. The minimum absolute atomic E-state index is 0.0946. The number of aryl methyl sites for hydroxylation is 1. The van der Waals surface area contributed by atoms with Crippen molar-refractivity contribution in [2.75, 3.05) is 0 Å². The van der Waals surface area contributed by atoms with Crippen LogP contribution in [0.25, 0.3) is 0 Å². The molecule has 1 heterocycles. The van der Waals surface area contributed by atoms with Gasteiger partial charge < -0.3 is 4.57 Å². The first-order chi connectivity index (χ1) is 10.1. The number of nitro benzene ring substituents is 1. The van der Waals surface area contributed by atoms with Crippen molar-refractivity contribution < 1.29 is 9.72 Å². The van der Waals surface area contributed by atoms with E-state index in [-0.39, 0.29) is 11.5 Å². The van der Waals surface area contributed by atoms with Gasteiger partial charge in [-0.25, -0.2) is 0 Å². The van der Waals surface area contributed by atoms with E-state index in [1.165, 1.54) is 12.1 Å². The zero-order chi connectivity index (χ0) is 14.8. The maximum Gasteiger partial charge on any atom is 0.269 e. The molecule has 21 heavy (non-hydrogen) atoms. The SMILES string of the molecule is O=C1CCCCc2cn(Cc3ccc([N+](=O)[O-])cc3)cc21. The van der Waals surface area contributed by atoms with E-state index in [1.807, 2.05) is 17.0 Å². The molecule has 0 saturated carbocycles. The molecule has 1 aliphatic rings. The molecule has 0 fully saturated rings. The Labute approximate surface area is 122 Å². The summed E-state index contributed by atoms with van der Waals surface area (Å²) in [7, 11) is 0. The Bertz CT molecular complexity index is 686. The van der Waals surface area contributed by atoms with Crippen LogP contribution in [0.1, 0.15) is 40.7 Å². The number of nitro groups is 1. The van der Waals surface area contributed by atoms with Crippen LogP contribution >= 0.6 is 0 Å². The molecule has 5 heteroatoms. The van der Waals surface area contributed by atoms with Gasteiger partial charge >= 0.3 is 0 Å². The number of carbonyl (C=O) groups is 1. The van der Waals surface area contributed by atoms with Crippen LogP contribution in [0, 0.1) is 10.1 Å². The number of hydrogen-bond donors (Lipinski definition) is 0. The molecule has 0 radical (unpaired) electrons. The Morgan fingerprint density at radius 1 is 1.10 bits per heavy atom. The minimum Gasteiger partial charge on any atom is -0.349 e. The molecular formula is C16H16N2O3. The lowest BCUT2D eigenvalue weighted by molar-refractivity contribution is -0.384. The van der Waals surface area contributed by atoms with E-state index < -0.39 is 4.92 Å². The third-order valence-corrected chi connectivity index (χ3v) is 3.88. The van der Waals surface area contributed by atoms with E-state index in [2.05, 4.69) is 0 Å². The molecule has 0 saturated heterocycles. The van der Waals surface area contributed by atoms with Gasteiger partial charge in [-0.2, -0.15) is 0 Å². The summed E-state index contributed by atoms with van der Waals surface area (Å²) in [6.45, 7) is 0.623. The fraction of sp³-hybridized carbons (Fsp3) is 0.312. The number of fused-ring (bicyclic) bond motifs is 1. The lowest BCUT2D eigenvalue weighted by atomic mass is 10.1. The Hall–Kier alpha value is -2.43. The molecule has 0 N–H and O–H groups in total. The van der Waals surface area contributed by atoms with Gasteiger partial charge in [0, 0.05) is 43.1 Å². The highest BCUT2D eigenvalue weighted by Gasteiger charge is 2.17. The molecule has 0 atom stereocenters.